The molecule has 0 spiro atoms. The second-order valence-electron chi connectivity index (χ2n) is 3.82. The summed E-state index contributed by atoms with van der Waals surface area (Å²) in [6.45, 7) is 5.42. The van der Waals surface area contributed by atoms with Crippen LogP contribution in [0, 0.1) is 5.41 Å². The molecule has 0 aromatic heterocycles. The summed E-state index contributed by atoms with van der Waals surface area (Å²) in [5.41, 5.74) is -0.463. The van der Waals surface area contributed by atoms with Crippen LogP contribution in [-0.4, -0.2) is 25.1 Å². The van der Waals surface area contributed by atoms with Gasteiger partial charge in [-0.05, 0) is 6.26 Å². The van der Waals surface area contributed by atoms with Gasteiger partial charge in [0.15, 0.2) is 5.78 Å². The van der Waals surface area contributed by atoms with Gasteiger partial charge in [-0.2, -0.15) is 0 Å². The minimum absolute atomic E-state index is 0.0766. The van der Waals surface area contributed by atoms with Crippen LogP contribution in [0.5, 0.6) is 0 Å². The number of rotatable bonds is 3. The summed E-state index contributed by atoms with van der Waals surface area (Å²) in [6, 6.07) is 0. The monoisotopic (exact) mass is 216 g/mol. The normalized spacial score (nSPS) is 12.5. The van der Waals surface area contributed by atoms with Crippen LogP contribution in [-0.2, 0) is 14.3 Å². The molecule has 0 fully saturated rings. The SMILES string of the molecule is COC(=O)/C(=C\C(=O)C(C)(C)C)SC. The highest BCUT2D eigenvalue weighted by Gasteiger charge is 2.21. The Hall–Kier alpha value is -0.770. The van der Waals surface area contributed by atoms with Crippen LogP contribution in [0.3, 0.4) is 0 Å². The van der Waals surface area contributed by atoms with Crippen LogP contribution in [0.2, 0.25) is 0 Å². The van der Waals surface area contributed by atoms with Crippen molar-refractivity contribution in [1.82, 2.24) is 0 Å². The number of carbonyl (C=O) groups is 2. The zero-order valence-electron chi connectivity index (χ0n) is 9.21. The van der Waals surface area contributed by atoms with E-state index in [1.54, 1.807) is 27.0 Å². The average Bonchev–Trinajstić information content (AvgIpc) is 2.10. The van der Waals surface area contributed by atoms with Crippen LogP contribution >= 0.6 is 11.8 Å². The van der Waals surface area contributed by atoms with Crippen molar-refractivity contribution in [1.29, 1.82) is 0 Å². The summed E-state index contributed by atoms with van der Waals surface area (Å²) in [5, 5.41) is 0. The maximum Gasteiger partial charge on any atom is 0.344 e. The van der Waals surface area contributed by atoms with E-state index in [1.807, 2.05) is 0 Å². The Bertz CT molecular complexity index is 261. The third kappa shape index (κ3) is 3.96. The Labute approximate surface area is 88.9 Å². The number of allylic oxidation sites excluding steroid dienone is 1. The lowest BCUT2D eigenvalue weighted by Crippen LogP contribution is -2.19. The molecule has 0 aromatic carbocycles. The van der Waals surface area contributed by atoms with Gasteiger partial charge in [0.25, 0.3) is 0 Å². The van der Waals surface area contributed by atoms with Gasteiger partial charge in [0.2, 0.25) is 0 Å². The number of ether oxygens (including phenoxy) is 1. The minimum Gasteiger partial charge on any atom is -0.465 e. The minimum atomic E-state index is -0.463. The topological polar surface area (TPSA) is 43.4 Å². The van der Waals surface area contributed by atoms with Crippen LogP contribution in [0.4, 0.5) is 0 Å². The molecule has 0 amide bonds. The first-order chi connectivity index (χ1) is 6.32. The largest absolute Gasteiger partial charge is 0.465 e. The van der Waals surface area contributed by atoms with Gasteiger partial charge in [-0.15, -0.1) is 11.8 Å². The van der Waals surface area contributed by atoms with Crippen molar-refractivity contribution in [3.05, 3.63) is 11.0 Å². The first kappa shape index (κ1) is 13.2. The third-order valence-electron chi connectivity index (χ3n) is 1.61. The summed E-state index contributed by atoms with van der Waals surface area (Å²) < 4.78 is 4.54. The first-order valence-electron chi connectivity index (χ1n) is 4.21. The van der Waals surface area contributed by atoms with Crippen molar-refractivity contribution >= 4 is 23.5 Å². The van der Waals surface area contributed by atoms with Crippen LogP contribution < -0.4 is 0 Å². The number of esters is 1. The van der Waals surface area contributed by atoms with Gasteiger partial charge in [0.05, 0.1) is 12.0 Å². The molecule has 14 heavy (non-hydrogen) atoms. The average molecular weight is 216 g/mol. The standard InChI is InChI=1S/C10H16O3S/c1-10(2,3)8(11)6-7(14-5)9(12)13-4/h6H,1-5H3/b7-6+. The summed E-state index contributed by atoms with van der Waals surface area (Å²) in [6.07, 6.45) is 3.08. The summed E-state index contributed by atoms with van der Waals surface area (Å²) in [4.78, 5) is 23.0. The molecule has 0 aliphatic rings. The molecule has 0 bridgehead atoms. The maximum absolute atomic E-state index is 11.6. The van der Waals surface area contributed by atoms with E-state index in [9.17, 15) is 9.59 Å². The summed E-state index contributed by atoms with van der Waals surface area (Å²) in [7, 11) is 1.30. The van der Waals surface area contributed by atoms with Gasteiger partial charge in [0, 0.05) is 11.5 Å². The Morgan fingerprint density at radius 2 is 1.79 bits per heavy atom. The fraction of sp³-hybridized carbons (Fsp3) is 0.600. The van der Waals surface area contributed by atoms with E-state index in [0.717, 1.165) is 0 Å². The molecular formula is C10H16O3S. The number of methoxy groups -OCH3 is 1. The summed E-state index contributed by atoms with van der Waals surface area (Å²) >= 11 is 1.21. The molecule has 0 aliphatic heterocycles. The molecule has 0 atom stereocenters. The molecule has 4 heteroatoms. The number of thioether (sulfide) groups is 1. The number of carbonyl (C=O) groups excluding carboxylic acids is 2. The van der Waals surface area contributed by atoms with Crippen LogP contribution in [0.15, 0.2) is 11.0 Å². The van der Waals surface area contributed by atoms with Crippen molar-refractivity contribution in [3.8, 4) is 0 Å². The van der Waals surface area contributed by atoms with Crippen molar-refractivity contribution in [2.75, 3.05) is 13.4 Å². The summed E-state index contributed by atoms with van der Waals surface area (Å²) in [5.74, 6) is -0.539. The lowest BCUT2D eigenvalue weighted by atomic mass is 9.91. The Kier molecular flexibility index (Phi) is 4.91. The van der Waals surface area contributed by atoms with Gasteiger partial charge in [0.1, 0.15) is 0 Å². The van der Waals surface area contributed by atoms with Crippen molar-refractivity contribution in [2.45, 2.75) is 20.8 Å². The number of hydrogen-bond acceptors (Lipinski definition) is 4. The van der Waals surface area contributed by atoms with Crippen molar-refractivity contribution in [3.63, 3.8) is 0 Å². The smallest absolute Gasteiger partial charge is 0.344 e. The fourth-order valence-electron chi connectivity index (χ4n) is 0.637. The molecule has 80 valence electrons. The second-order valence-corrected chi connectivity index (χ2v) is 4.67. The molecule has 3 nitrogen and oxygen atoms in total. The van der Waals surface area contributed by atoms with Gasteiger partial charge in [-0.25, -0.2) is 4.79 Å². The molecule has 0 rings (SSSR count). The first-order valence-corrected chi connectivity index (χ1v) is 5.44. The van der Waals surface area contributed by atoms with E-state index in [4.69, 9.17) is 0 Å². The second kappa shape index (κ2) is 5.20. The van der Waals surface area contributed by atoms with E-state index in [2.05, 4.69) is 4.74 Å². The highest BCUT2D eigenvalue weighted by molar-refractivity contribution is 8.03. The molecule has 0 radical (unpaired) electrons. The van der Waals surface area contributed by atoms with E-state index in [1.165, 1.54) is 24.9 Å². The lowest BCUT2D eigenvalue weighted by Gasteiger charge is -2.13. The molecule has 0 unspecified atom stereocenters. The number of ketones is 1. The van der Waals surface area contributed by atoms with Crippen molar-refractivity contribution < 1.29 is 14.3 Å². The molecule has 0 N–H and O–H groups in total. The van der Waals surface area contributed by atoms with Crippen LogP contribution in [0.25, 0.3) is 0 Å². The Balaban J connectivity index is 4.78. The zero-order valence-corrected chi connectivity index (χ0v) is 10.0. The Morgan fingerprint density at radius 3 is 2.07 bits per heavy atom. The lowest BCUT2D eigenvalue weighted by molar-refractivity contribution is -0.135. The van der Waals surface area contributed by atoms with E-state index >= 15 is 0 Å². The predicted octanol–water partition coefficient (Wildman–Crippen LogP) is 2.02. The molecule has 0 heterocycles. The predicted molar refractivity (Wildman–Crippen MR) is 58.1 cm³/mol. The molecule has 0 aliphatic carbocycles. The van der Waals surface area contributed by atoms with E-state index in [0.29, 0.717) is 4.91 Å². The van der Waals surface area contributed by atoms with Crippen molar-refractivity contribution in [2.24, 2.45) is 5.41 Å². The molecule has 0 aromatic rings. The molecule has 0 saturated heterocycles. The highest BCUT2D eigenvalue weighted by atomic mass is 32.2. The quantitative estimate of drug-likeness (QED) is 0.535. The highest BCUT2D eigenvalue weighted by Crippen LogP contribution is 2.20. The van der Waals surface area contributed by atoms with E-state index < -0.39 is 11.4 Å². The Morgan fingerprint density at radius 1 is 1.29 bits per heavy atom. The van der Waals surface area contributed by atoms with Gasteiger partial charge in [-0.3, -0.25) is 4.79 Å². The number of hydrogen-bond donors (Lipinski definition) is 0. The van der Waals surface area contributed by atoms with E-state index in [-0.39, 0.29) is 5.78 Å². The third-order valence-corrected chi connectivity index (χ3v) is 2.33. The maximum atomic E-state index is 11.6. The molecular weight excluding hydrogens is 200 g/mol. The van der Waals surface area contributed by atoms with Crippen LogP contribution in [0.1, 0.15) is 20.8 Å². The van der Waals surface area contributed by atoms with Gasteiger partial charge in [-0.1, -0.05) is 20.8 Å². The molecule has 0 saturated carbocycles. The fourth-order valence-corrected chi connectivity index (χ4v) is 1.11. The zero-order chi connectivity index (χ0) is 11.4. The van der Waals surface area contributed by atoms with Gasteiger partial charge >= 0.3 is 5.97 Å². The van der Waals surface area contributed by atoms with Gasteiger partial charge < -0.3 is 4.74 Å².